The molecular weight excluding hydrogens is 316 g/mol. The first-order chi connectivity index (χ1) is 12.0. The maximum absolute atomic E-state index is 12.6. The molecule has 1 aromatic heterocycles. The number of rotatable bonds is 3. The van der Waals surface area contributed by atoms with Gasteiger partial charge >= 0.3 is 0 Å². The summed E-state index contributed by atoms with van der Waals surface area (Å²) in [5.41, 5.74) is 3.71. The van der Waals surface area contributed by atoms with Crippen molar-refractivity contribution in [1.82, 2.24) is 14.7 Å². The zero-order valence-corrected chi connectivity index (χ0v) is 15.0. The monoisotopic (exact) mass is 340 g/mol. The lowest BCUT2D eigenvalue weighted by Crippen LogP contribution is -2.49. The van der Waals surface area contributed by atoms with Gasteiger partial charge in [-0.3, -0.25) is 9.59 Å². The van der Waals surface area contributed by atoms with E-state index in [1.165, 1.54) is 6.92 Å². The van der Waals surface area contributed by atoms with Gasteiger partial charge in [0.15, 0.2) is 0 Å². The Balaban J connectivity index is 1.71. The summed E-state index contributed by atoms with van der Waals surface area (Å²) < 4.78 is 1.87. The molecule has 25 heavy (non-hydrogen) atoms. The highest BCUT2D eigenvalue weighted by Gasteiger charge is 2.30. The molecule has 0 saturated carbocycles. The van der Waals surface area contributed by atoms with Gasteiger partial charge in [0.2, 0.25) is 11.8 Å². The van der Waals surface area contributed by atoms with Gasteiger partial charge < -0.3 is 10.2 Å². The summed E-state index contributed by atoms with van der Waals surface area (Å²) in [6.07, 6.45) is 2.65. The second-order valence-electron chi connectivity index (χ2n) is 6.60. The number of nitrogens with zero attached hydrogens (tertiary/aromatic N) is 3. The quantitative estimate of drug-likeness (QED) is 0.934. The van der Waals surface area contributed by atoms with E-state index >= 15 is 0 Å². The van der Waals surface area contributed by atoms with Gasteiger partial charge in [0.05, 0.1) is 11.4 Å². The van der Waals surface area contributed by atoms with Crippen LogP contribution in [0.5, 0.6) is 0 Å². The van der Waals surface area contributed by atoms with Crippen LogP contribution in [0.25, 0.3) is 5.69 Å². The minimum absolute atomic E-state index is 0.0419. The molecule has 2 aromatic rings. The number of piperidine rings is 1. The second kappa shape index (κ2) is 7.09. The minimum Gasteiger partial charge on any atom is -0.331 e. The van der Waals surface area contributed by atoms with Crippen LogP contribution >= 0.6 is 0 Å². The number of anilines is 1. The van der Waals surface area contributed by atoms with Crippen molar-refractivity contribution in [3.8, 4) is 5.69 Å². The second-order valence-corrected chi connectivity index (χ2v) is 6.60. The molecule has 1 saturated heterocycles. The largest absolute Gasteiger partial charge is 0.331 e. The van der Waals surface area contributed by atoms with Crippen molar-refractivity contribution in [3.63, 3.8) is 0 Å². The standard InChI is InChI=1S/C19H24N4O2/c1-13-12-14(2)23(21-13)17-9-7-16(8-10-17)20-19(25)18-6-4-5-11-22(18)15(3)24/h7-10,12,18H,4-6,11H2,1-3H3,(H,20,25)/t18-/m0/s1. The Morgan fingerprint density at radius 1 is 1.16 bits per heavy atom. The number of aryl methyl sites for hydroxylation is 2. The molecular formula is C19H24N4O2. The topological polar surface area (TPSA) is 67.2 Å². The third kappa shape index (κ3) is 3.73. The molecule has 0 radical (unpaired) electrons. The number of benzene rings is 1. The highest BCUT2D eigenvalue weighted by molar-refractivity contribution is 5.97. The molecule has 3 rings (SSSR count). The fraction of sp³-hybridized carbons (Fsp3) is 0.421. The van der Waals surface area contributed by atoms with Gasteiger partial charge in [0.1, 0.15) is 6.04 Å². The van der Waals surface area contributed by atoms with Gasteiger partial charge in [-0.2, -0.15) is 5.10 Å². The number of hydrogen-bond acceptors (Lipinski definition) is 3. The van der Waals surface area contributed by atoms with Gasteiger partial charge in [-0.25, -0.2) is 4.68 Å². The van der Waals surface area contributed by atoms with Crippen molar-refractivity contribution in [2.45, 2.75) is 46.1 Å². The number of carbonyl (C=O) groups excluding carboxylic acids is 2. The average Bonchev–Trinajstić information content (AvgIpc) is 2.94. The molecule has 1 N–H and O–H groups in total. The Kier molecular flexibility index (Phi) is 4.88. The fourth-order valence-electron chi connectivity index (χ4n) is 3.38. The Bertz CT molecular complexity index is 779. The van der Waals surface area contributed by atoms with Gasteiger partial charge in [-0.15, -0.1) is 0 Å². The number of carbonyl (C=O) groups is 2. The SMILES string of the molecule is CC(=O)N1CCCC[C@H]1C(=O)Nc1ccc(-n2nc(C)cc2C)cc1. The summed E-state index contributed by atoms with van der Waals surface area (Å²) in [4.78, 5) is 26.0. The summed E-state index contributed by atoms with van der Waals surface area (Å²) in [6, 6.07) is 9.24. The van der Waals surface area contributed by atoms with Gasteiger partial charge in [-0.05, 0) is 63.4 Å². The van der Waals surface area contributed by atoms with E-state index in [2.05, 4.69) is 10.4 Å². The number of aromatic nitrogens is 2. The highest BCUT2D eigenvalue weighted by atomic mass is 16.2. The lowest BCUT2D eigenvalue weighted by molar-refractivity contribution is -0.138. The van der Waals surface area contributed by atoms with Gasteiger partial charge in [0.25, 0.3) is 0 Å². The number of hydrogen-bond donors (Lipinski definition) is 1. The van der Waals surface area contributed by atoms with Crippen molar-refractivity contribution >= 4 is 17.5 Å². The predicted octanol–water partition coefficient (Wildman–Crippen LogP) is 2.83. The van der Waals surface area contributed by atoms with Gasteiger partial charge in [-0.1, -0.05) is 0 Å². The van der Waals surface area contributed by atoms with E-state index in [1.54, 1.807) is 4.90 Å². The van der Waals surface area contributed by atoms with Crippen LogP contribution in [-0.2, 0) is 9.59 Å². The summed E-state index contributed by atoms with van der Waals surface area (Å²) in [5.74, 6) is -0.159. The molecule has 1 aromatic carbocycles. The zero-order valence-electron chi connectivity index (χ0n) is 15.0. The Morgan fingerprint density at radius 2 is 1.88 bits per heavy atom. The number of likely N-dealkylation sites (tertiary alicyclic amines) is 1. The molecule has 0 bridgehead atoms. The fourth-order valence-corrected chi connectivity index (χ4v) is 3.38. The lowest BCUT2D eigenvalue weighted by atomic mass is 10.0. The van der Waals surface area contributed by atoms with Crippen LogP contribution in [0.2, 0.25) is 0 Å². The maximum atomic E-state index is 12.6. The number of amides is 2. The van der Waals surface area contributed by atoms with Crippen LogP contribution in [0.1, 0.15) is 37.6 Å². The summed E-state index contributed by atoms with van der Waals surface area (Å²) in [6.45, 7) is 6.15. The van der Waals surface area contributed by atoms with Crippen LogP contribution in [0, 0.1) is 13.8 Å². The molecule has 6 heteroatoms. The van der Waals surface area contributed by atoms with Crippen LogP contribution in [0.3, 0.4) is 0 Å². The van der Waals surface area contributed by atoms with Crippen LogP contribution in [-0.4, -0.2) is 39.1 Å². The Labute approximate surface area is 147 Å². The van der Waals surface area contributed by atoms with E-state index < -0.39 is 0 Å². The molecule has 1 fully saturated rings. The van der Waals surface area contributed by atoms with Gasteiger partial charge in [0, 0.05) is 24.8 Å². The molecule has 0 unspecified atom stereocenters. The summed E-state index contributed by atoms with van der Waals surface area (Å²) in [7, 11) is 0. The van der Waals surface area contributed by atoms with E-state index in [4.69, 9.17) is 0 Å². The van der Waals surface area contributed by atoms with E-state index in [0.717, 1.165) is 42.0 Å². The van der Waals surface area contributed by atoms with E-state index in [0.29, 0.717) is 6.54 Å². The van der Waals surface area contributed by atoms with E-state index in [-0.39, 0.29) is 17.9 Å². The van der Waals surface area contributed by atoms with Crippen molar-refractivity contribution in [3.05, 3.63) is 41.7 Å². The lowest BCUT2D eigenvalue weighted by Gasteiger charge is -2.33. The number of nitrogens with one attached hydrogen (secondary N) is 1. The normalized spacial score (nSPS) is 17.4. The third-order valence-corrected chi connectivity index (χ3v) is 4.60. The molecule has 0 spiro atoms. The van der Waals surface area contributed by atoms with E-state index in [1.807, 2.05) is 48.9 Å². The van der Waals surface area contributed by atoms with Crippen molar-refractivity contribution < 1.29 is 9.59 Å². The Morgan fingerprint density at radius 3 is 2.48 bits per heavy atom. The van der Waals surface area contributed by atoms with Crippen LogP contribution in [0.15, 0.2) is 30.3 Å². The first-order valence-corrected chi connectivity index (χ1v) is 8.67. The molecule has 1 aliphatic rings. The summed E-state index contributed by atoms with van der Waals surface area (Å²) >= 11 is 0. The molecule has 1 atom stereocenters. The smallest absolute Gasteiger partial charge is 0.247 e. The molecule has 2 amide bonds. The highest BCUT2D eigenvalue weighted by Crippen LogP contribution is 2.20. The molecule has 132 valence electrons. The molecule has 0 aliphatic carbocycles. The molecule has 6 nitrogen and oxygen atoms in total. The van der Waals surface area contributed by atoms with Crippen LogP contribution < -0.4 is 5.32 Å². The minimum atomic E-state index is -0.373. The third-order valence-electron chi connectivity index (χ3n) is 4.60. The Hall–Kier alpha value is -2.63. The molecule has 1 aliphatic heterocycles. The predicted molar refractivity (Wildman–Crippen MR) is 96.7 cm³/mol. The van der Waals surface area contributed by atoms with Crippen LogP contribution in [0.4, 0.5) is 5.69 Å². The average molecular weight is 340 g/mol. The zero-order chi connectivity index (χ0) is 18.0. The first-order valence-electron chi connectivity index (χ1n) is 8.67. The van der Waals surface area contributed by atoms with E-state index in [9.17, 15) is 9.59 Å². The maximum Gasteiger partial charge on any atom is 0.247 e. The van der Waals surface area contributed by atoms with Crippen molar-refractivity contribution in [1.29, 1.82) is 0 Å². The first kappa shape index (κ1) is 17.2. The van der Waals surface area contributed by atoms with Crippen molar-refractivity contribution in [2.24, 2.45) is 0 Å². The molecule has 2 heterocycles. The van der Waals surface area contributed by atoms with Crippen molar-refractivity contribution in [2.75, 3.05) is 11.9 Å². The summed E-state index contributed by atoms with van der Waals surface area (Å²) in [5, 5.41) is 7.39.